The first kappa shape index (κ1) is 27.0. The first-order valence-corrected chi connectivity index (χ1v) is 11.8. The highest BCUT2D eigenvalue weighted by Crippen LogP contribution is 2.43. The third-order valence-corrected chi connectivity index (χ3v) is 5.91. The summed E-state index contributed by atoms with van der Waals surface area (Å²) in [6, 6.07) is 4.94. The SMILES string of the molecule is COCP(=O)(N[C@@H](C)C(=O)OC(C)C)Oc1ccc(COC(=O)n2cc(F)c(=O)[nH]c2=O)cc1. The summed E-state index contributed by atoms with van der Waals surface area (Å²) in [7, 11) is -2.33. The summed E-state index contributed by atoms with van der Waals surface area (Å²) in [6.07, 6.45) is -1.44. The van der Waals surface area contributed by atoms with Gasteiger partial charge in [-0.05, 0) is 38.5 Å². The molecule has 0 saturated carbocycles. The van der Waals surface area contributed by atoms with Gasteiger partial charge in [0, 0.05) is 7.11 Å². The average molecular weight is 501 g/mol. The molecule has 0 amide bonds. The number of carbonyl (C=O) groups excluding carboxylic acids is 2. The molecule has 2 atom stereocenters. The van der Waals surface area contributed by atoms with Crippen molar-refractivity contribution in [1.82, 2.24) is 14.6 Å². The molecule has 2 rings (SSSR count). The predicted molar refractivity (Wildman–Crippen MR) is 117 cm³/mol. The Morgan fingerprint density at radius 1 is 1.18 bits per heavy atom. The van der Waals surface area contributed by atoms with Crippen LogP contribution in [0, 0.1) is 5.82 Å². The number of hydrogen-bond acceptors (Lipinski definition) is 9. The van der Waals surface area contributed by atoms with Crippen molar-refractivity contribution < 1.29 is 37.3 Å². The van der Waals surface area contributed by atoms with Crippen LogP contribution in [0.1, 0.15) is 26.3 Å². The number of ether oxygens (including phenoxy) is 3. The van der Waals surface area contributed by atoms with E-state index in [1.807, 2.05) is 0 Å². The van der Waals surface area contributed by atoms with Gasteiger partial charge in [0.1, 0.15) is 24.7 Å². The summed E-state index contributed by atoms with van der Waals surface area (Å²) in [5, 5.41) is 2.61. The van der Waals surface area contributed by atoms with Gasteiger partial charge in [-0.15, -0.1) is 0 Å². The van der Waals surface area contributed by atoms with E-state index in [1.54, 1.807) is 18.8 Å². The Kier molecular flexibility index (Phi) is 9.30. The van der Waals surface area contributed by atoms with Crippen LogP contribution in [0.2, 0.25) is 0 Å². The van der Waals surface area contributed by atoms with E-state index in [-0.39, 0.29) is 29.4 Å². The van der Waals surface area contributed by atoms with Gasteiger partial charge >= 0.3 is 25.3 Å². The van der Waals surface area contributed by atoms with Crippen LogP contribution in [0.4, 0.5) is 9.18 Å². The number of methoxy groups -OCH3 is 1. The fraction of sp³-hybridized carbons (Fsp3) is 0.400. The molecule has 12 nitrogen and oxygen atoms in total. The van der Waals surface area contributed by atoms with Crippen LogP contribution in [0.5, 0.6) is 5.75 Å². The summed E-state index contributed by atoms with van der Waals surface area (Å²) in [5.74, 6) is -1.75. The molecule has 1 heterocycles. The molecule has 0 bridgehead atoms. The normalized spacial score (nSPS) is 13.7. The van der Waals surface area contributed by atoms with Gasteiger partial charge in [-0.2, -0.15) is 4.39 Å². The maximum atomic E-state index is 13.3. The van der Waals surface area contributed by atoms with Crippen molar-refractivity contribution in [3.8, 4) is 5.75 Å². The Morgan fingerprint density at radius 3 is 2.41 bits per heavy atom. The smallest absolute Gasteiger partial charge is 0.422 e. The molecule has 0 aliphatic heterocycles. The van der Waals surface area contributed by atoms with Crippen molar-refractivity contribution in [2.24, 2.45) is 0 Å². The standard InChI is InChI=1S/C20H25FN3O9P/c1-12(2)32-18(26)13(3)23-34(29,11-30-4)33-15-7-5-14(6-8-15)10-31-20(28)24-9-16(21)17(25)22-19(24)27/h5-9,12-13H,10-11H2,1-4H3,(H,23,29)(H,22,25,27)/t13-,34?/m0/s1. The number of nitrogens with one attached hydrogen (secondary N) is 2. The van der Waals surface area contributed by atoms with Gasteiger partial charge in [-0.1, -0.05) is 12.1 Å². The number of esters is 1. The van der Waals surface area contributed by atoms with Gasteiger partial charge in [0.25, 0.3) is 5.56 Å². The molecule has 1 unspecified atom stereocenters. The van der Waals surface area contributed by atoms with E-state index < -0.39 is 42.7 Å². The number of rotatable bonds is 10. The van der Waals surface area contributed by atoms with Gasteiger partial charge in [0.2, 0.25) is 5.82 Å². The van der Waals surface area contributed by atoms with E-state index in [9.17, 15) is 28.1 Å². The molecule has 2 aromatic rings. The van der Waals surface area contributed by atoms with Crippen LogP contribution in [0.3, 0.4) is 0 Å². The zero-order chi connectivity index (χ0) is 25.5. The highest BCUT2D eigenvalue weighted by atomic mass is 31.2. The van der Waals surface area contributed by atoms with Crippen molar-refractivity contribution >= 4 is 19.6 Å². The van der Waals surface area contributed by atoms with Crippen LogP contribution < -0.4 is 20.9 Å². The second-order valence-electron chi connectivity index (χ2n) is 7.32. The minimum absolute atomic E-state index is 0.173. The molecule has 34 heavy (non-hydrogen) atoms. The maximum absolute atomic E-state index is 13.3. The zero-order valence-electron chi connectivity index (χ0n) is 18.9. The molecule has 0 fully saturated rings. The number of benzene rings is 1. The quantitative estimate of drug-likeness (QED) is 0.365. The fourth-order valence-electron chi connectivity index (χ4n) is 2.56. The fourth-order valence-corrected chi connectivity index (χ4v) is 4.23. The third-order valence-electron chi connectivity index (χ3n) is 4.03. The van der Waals surface area contributed by atoms with E-state index in [0.29, 0.717) is 11.8 Å². The Labute approximate surface area is 193 Å². The molecule has 1 aromatic carbocycles. The van der Waals surface area contributed by atoms with Gasteiger partial charge in [0.05, 0.1) is 12.3 Å². The second-order valence-corrected chi connectivity index (χ2v) is 9.37. The summed E-state index contributed by atoms with van der Waals surface area (Å²) in [6.45, 7) is 4.56. The summed E-state index contributed by atoms with van der Waals surface area (Å²) in [5.41, 5.74) is -1.94. The highest BCUT2D eigenvalue weighted by Gasteiger charge is 2.30. The van der Waals surface area contributed by atoms with E-state index in [2.05, 4.69) is 5.09 Å². The van der Waals surface area contributed by atoms with Gasteiger partial charge in [-0.25, -0.2) is 19.2 Å². The minimum Gasteiger partial charge on any atom is -0.462 e. The van der Waals surface area contributed by atoms with Crippen LogP contribution >= 0.6 is 7.52 Å². The lowest BCUT2D eigenvalue weighted by Gasteiger charge is -2.23. The number of nitrogens with zero attached hydrogens (tertiary/aromatic N) is 1. The van der Waals surface area contributed by atoms with E-state index in [4.69, 9.17) is 18.7 Å². The molecule has 0 spiro atoms. The summed E-state index contributed by atoms with van der Waals surface area (Å²) < 4.78 is 47.2. The molecule has 2 N–H and O–H groups in total. The number of H-pyrrole nitrogens is 1. The van der Waals surface area contributed by atoms with Crippen LogP contribution in [0.15, 0.2) is 40.1 Å². The van der Waals surface area contributed by atoms with Crippen LogP contribution in [-0.4, -0.2) is 47.2 Å². The third kappa shape index (κ3) is 7.65. The summed E-state index contributed by atoms with van der Waals surface area (Å²) >= 11 is 0. The number of aromatic amines is 1. The van der Waals surface area contributed by atoms with E-state index in [1.165, 1.54) is 38.3 Å². The van der Waals surface area contributed by atoms with Gasteiger partial charge in [0.15, 0.2) is 0 Å². The second kappa shape index (κ2) is 11.7. The monoisotopic (exact) mass is 501 g/mol. The molecule has 0 aliphatic rings. The molecular formula is C20H25FN3O9P. The van der Waals surface area contributed by atoms with Crippen molar-refractivity contribution in [1.29, 1.82) is 0 Å². The Morgan fingerprint density at radius 2 is 1.82 bits per heavy atom. The van der Waals surface area contributed by atoms with Crippen molar-refractivity contribution in [3.63, 3.8) is 0 Å². The number of carbonyl (C=O) groups is 2. The Bertz CT molecular complexity index is 1180. The Balaban J connectivity index is 2.03. The van der Waals surface area contributed by atoms with E-state index in [0.717, 1.165) is 0 Å². The number of halogens is 1. The first-order valence-electron chi connectivity index (χ1n) is 9.97. The van der Waals surface area contributed by atoms with Crippen molar-refractivity contribution in [2.75, 3.05) is 13.5 Å². The molecular weight excluding hydrogens is 476 g/mol. The lowest BCUT2D eigenvalue weighted by atomic mass is 10.2. The molecule has 0 radical (unpaired) electrons. The highest BCUT2D eigenvalue weighted by molar-refractivity contribution is 7.57. The molecule has 1 aromatic heterocycles. The lowest BCUT2D eigenvalue weighted by molar-refractivity contribution is -0.149. The Hall–Kier alpha value is -3.28. The predicted octanol–water partition coefficient (Wildman–Crippen LogP) is 1.97. The van der Waals surface area contributed by atoms with Gasteiger partial charge < -0.3 is 18.7 Å². The maximum Gasteiger partial charge on any atom is 0.422 e. The number of aromatic nitrogens is 2. The average Bonchev–Trinajstić information content (AvgIpc) is 2.75. The zero-order valence-corrected chi connectivity index (χ0v) is 19.8. The molecule has 14 heteroatoms. The van der Waals surface area contributed by atoms with Crippen molar-refractivity contribution in [3.05, 3.63) is 62.7 Å². The summed E-state index contributed by atoms with van der Waals surface area (Å²) in [4.78, 5) is 48.3. The van der Waals surface area contributed by atoms with Crippen LogP contribution in [0.25, 0.3) is 0 Å². The minimum atomic E-state index is -3.66. The van der Waals surface area contributed by atoms with Crippen molar-refractivity contribution in [2.45, 2.75) is 39.5 Å². The van der Waals surface area contributed by atoms with Gasteiger partial charge in [-0.3, -0.25) is 19.1 Å². The lowest BCUT2D eigenvalue weighted by Crippen LogP contribution is -2.36. The van der Waals surface area contributed by atoms with Crippen LogP contribution in [-0.2, 0) is 30.2 Å². The number of hydrogen-bond donors (Lipinski definition) is 2. The molecule has 0 aliphatic carbocycles. The molecule has 0 saturated heterocycles. The molecule has 186 valence electrons. The topological polar surface area (TPSA) is 155 Å². The largest absolute Gasteiger partial charge is 0.462 e. The first-order chi connectivity index (χ1) is 15.9. The van der Waals surface area contributed by atoms with E-state index >= 15 is 0 Å².